The second-order valence-electron chi connectivity index (χ2n) is 4.98. The Bertz CT molecular complexity index is 415. The molecule has 25 heavy (non-hydrogen) atoms. The minimum atomic E-state index is 0.00519. The second-order valence-corrected chi connectivity index (χ2v) is 4.98. The van der Waals surface area contributed by atoms with E-state index in [9.17, 15) is 9.90 Å². The van der Waals surface area contributed by atoms with E-state index in [4.69, 9.17) is 0 Å². The van der Waals surface area contributed by atoms with Gasteiger partial charge in [0.25, 0.3) is 0 Å². The van der Waals surface area contributed by atoms with Gasteiger partial charge in [0, 0.05) is 5.56 Å². The Morgan fingerprint density at radius 2 is 1.08 bits per heavy atom. The molecular weight excluding hydrogens is 308 g/mol. The lowest BCUT2D eigenvalue weighted by Crippen LogP contribution is -2.10. The normalized spacial score (nSPS) is 8.24. The fraction of sp³-hybridized carbons (Fsp3) is 0.696. The van der Waals surface area contributed by atoms with Crippen molar-refractivity contribution in [2.75, 3.05) is 0 Å². The first-order valence-electron chi connectivity index (χ1n) is 10.1. The molecule has 150 valence electrons. The number of hydrogen-bond acceptors (Lipinski definition) is 2. The van der Waals surface area contributed by atoms with Crippen LogP contribution in [-0.2, 0) is 13.0 Å². The molecule has 0 fully saturated rings. The van der Waals surface area contributed by atoms with Crippen LogP contribution in [-0.4, -0.2) is 10.9 Å². The van der Waals surface area contributed by atoms with Gasteiger partial charge in [0.05, 0.1) is 6.61 Å². The average molecular weight is 355 g/mol. The van der Waals surface area contributed by atoms with Crippen molar-refractivity contribution in [3.8, 4) is 0 Å². The molecule has 1 aromatic rings. The largest absolute Gasteiger partial charge is 0.392 e. The van der Waals surface area contributed by atoms with Gasteiger partial charge in [0.2, 0.25) is 0 Å². The van der Waals surface area contributed by atoms with E-state index in [2.05, 4.69) is 20.8 Å². The van der Waals surface area contributed by atoms with Crippen LogP contribution in [0.2, 0.25) is 0 Å². The van der Waals surface area contributed by atoms with Crippen LogP contribution in [0.15, 0.2) is 0 Å². The van der Waals surface area contributed by atoms with Gasteiger partial charge in [-0.1, -0.05) is 68.7 Å². The number of Topliss-reactive ketones (excluding diaryl/α,β-unsaturated/α-hetero) is 1. The van der Waals surface area contributed by atoms with Crippen molar-refractivity contribution in [3.63, 3.8) is 0 Å². The summed E-state index contributed by atoms with van der Waals surface area (Å²) in [6.45, 7) is 25.9. The summed E-state index contributed by atoms with van der Waals surface area (Å²) in [6, 6.07) is 0. The number of hydrogen-bond donors (Lipinski definition) is 1. The van der Waals surface area contributed by atoms with E-state index >= 15 is 0 Å². The molecule has 0 atom stereocenters. The number of carbonyl (C=O) groups is 1. The monoisotopic (exact) mass is 354 g/mol. The molecule has 2 nitrogen and oxygen atoms in total. The lowest BCUT2D eigenvalue weighted by atomic mass is 9.86. The number of ketones is 1. The van der Waals surface area contributed by atoms with Crippen molar-refractivity contribution >= 4 is 5.78 Å². The molecule has 1 rings (SSSR count). The highest BCUT2D eigenvalue weighted by Gasteiger charge is 2.17. The summed E-state index contributed by atoms with van der Waals surface area (Å²) >= 11 is 0. The Morgan fingerprint density at radius 3 is 1.32 bits per heavy atom. The highest BCUT2D eigenvalue weighted by atomic mass is 16.3. The minimum absolute atomic E-state index is 0.00519. The first-order chi connectivity index (χ1) is 11.9. The van der Waals surface area contributed by atoms with Crippen molar-refractivity contribution in [1.82, 2.24) is 0 Å². The van der Waals surface area contributed by atoms with E-state index in [-0.39, 0.29) is 12.4 Å². The summed E-state index contributed by atoms with van der Waals surface area (Å²) < 4.78 is 0. The fourth-order valence-electron chi connectivity index (χ4n) is 2.62. The van der Waals surface area contributed by atoms with Crippen LogP contribution in [0.5, 0.6) is 0 Å². The van der Waals surface area contributed by atoms with Gasteiger partial charge >= 0.3 is 0 Å². The molecule has 1 aromatic carbocycles. The van der Waals surface area contributed by atoms with E-state index in [1.807, 2.05) is 62.3 Å². The highest BCUT2D eigenvalue weighted by Crippen LogP contribution is 2.28. The standard InChI is InChI=1S/C14H20O2.C3H8.3C2H6/c1-6-12-8(2)13(7-15)10(4)14(9(12)3)11(5)16;1-3-2;3*1-2/h15H,6-7H2,1-5H3;3H2,1-2H3;3*1-2H3. The first-order valence-corrected chi connectivity index (χ1v) is 10.1. The number of aliphatic hydroxyl groups excluding tert-OH is 1. The fourth-order valence-corrected chi connectivity index (χ4v) is 2.62. The molecule has 0 heterocycles. The summed E-state index contributed by atoms with van der Waals surface area (Å²) in [6.07, 6.45) is 2.14. The van der Waals surface area contributed by atoms with Gasteiger partial charge in [-0.2, -0.15) is 0 Å². The van der Waals surface area contributed by atoms with Crippen LogP contribution in [0.4, 0.5) is 0 Å². The zero-order chi connectivity index (χ0) is 21.2. The van der Waals surface area contributed by atoms with Gasteiger partial charge in [-0.05, 0) is 61.9 Å². The van der Waals surface area contributed by atoms with Crippen molar-refractivity contribution < 1.29 is 9.90 Å². The SMILES string of the molecule is CC.CC.CC.CCC.CCc1c(C)c(CO)c(C)c(C(C)=O)c1C. The molecule has 0 aromatic heterocycles. The lowest BCUT2D eigenvalue weighted by molar-refractivity contribution is 0.101. The van der Waals surface area contributed by atoms with Crippen molar-refractivity contribution in [3.05, 3.63) is 33.4 Å². The number of benzene rings is 1. The summed E-state index contributed by atoms with van der Waals surface area (Å²) in [4.78, 5) is 11.7. The minimum Gasteiger partial charge on any atom is -0.392 e. The van der Waals surface area contributed by atoms with Crippen molar-refractivity contribution in [2.24, 2.45) is 0 Å². The third-order valence-corrected chi connectivity index (χ3v) is 3.42. The molecule has 0 spiro atoms. The zero-order valence-corrected chi connectivity index (χ0v) is 19.5. The molecule has 0 aliphatic carbocycles. The summed E-state index contributed by atoms with van der Waals surface area (Å²) in [5.74, 6) is 0.0828. The zero-order valence-electron chi connectivity index (χ0n) is 19.5. The molecule has 0 saturated heterocycles. The summed E-state index contributed by atoms with van der Waals surface area (Å²) in [7, 11) is 0. The van der Waals surface area contributed by atoms with E-state index < -0.39 is 0 Å². The second kappa shape index (κ2) is 20.9. The Morgan fingerprint density at radius 1 is 0.760 bits per heavy atom. The van der Waals surface area contributed by atoms with Gasteiger partial charge in [-0.15, -0.1) is 0 Å². The lowest BCUT2D eigenvalue weighted by Gasteiger charge is -2.19. The highest BCUT2D eigenvalue weighted by molar-refractivity contribution is 5.97. The van der Waals surface area contributed by atoms with E-state index in [0.29, 0.717) is 0 Å². The Balaban J connectivity index is -0.000000210. The van der Waals surface area contributed by atoms with E-state index in [1.165, 1.54) is 12.0 Å². The number of aliphatic hydroxyl groups is 1. The van der Waals surface area contributed by atoms with Crippen molar-refractivity contribution in [1.29, 1.82) is 0 Å². The van der Waals surface area contributed by atoms with Crippen LogP contribution >= 0.6 is 0 Å². The first kappa shape index (κ1) is 31.6. The van der Waals surface area contributed by atoms with Gasteiger partial charge in [0.15, 0.2) is 5.78 Å². The Labute approximate surface area is 159 Å². The van der Waals surface area contributed by atoms with Crippen LogP contribution in [0.25, 0.3) is 0 Å². The molecule has 0 aliphatic heterocycles. The number of rotatable bonds is 3. The summed E-state index contributed by atoms with van der Waals surface area (Å²) in [5.41, 5.74) is 6.02. The van der Waals surface area contributed by atoms with Crippen molar-refractivity contribution in [2.45, 2.75) is 109 Å². The molecule has 0 unspecified atom stereocenters. The van der Waals surface area contributed by atoms with Gasteiger partial charge in [-0.25, -0.2) is 0 Å². The topological polar surface area (TPSA) is 37.3 Å². The number of carbonyl (C=O) groups excluding carboxylic acids is 1. The van der Waals surface area contributed by atoms with Crippen LogP contribution in [0.3, 0.4) is 0 Å². The van der Waals surface area contributed by atoms with Gasteiger partial charge in [0.1, 0.15) is 0 Å². The molecule has 0 aliphatic rings. The third-order valence-electron chi connectivity index (χ3n) is 3.42. The van der Waals surface area contributed by atoms with Crippen LogP contribution in [0.1, 0.15) is 114 Å². The average Bonchev–Trinajstić information content (AvgIpc) is 2.61. The third kappa shape index (κ3) is 10.4. The maximum atomic E-state index is 11.7. The van der Waals surface area contributed by atoms with Crippen LogP contribution in [0, 0.1) is 20.8 Å². The molecule has 0 bridgehead atoms. The molecule has 2 heteroatoms. The molecule has 0 saturated carbocycles. The maximum Gasteiger partial charge on any atom is 0.160 e. The molecule has 0 radical (unpaired) electrons. The Hall–Kier alpha value is -1.15. The van der Waals surface area contributed by atoms with Crippen LogP contribution < -0.4 is 0 Å². The quantitative estimate of drug-likeness (QED) is 0.575. The molecule has 1 N–H and O–H groups in total. The van der Waals surface area contributed by atoms with Gasteiger partial charge < -0.3 is 5.11 Å². The molecular formula is C23H46O2. The van der Waals surface area contributed by atoms with E-state index in [1.54, 1.807) is 6.92 Å². The van der Waals surface area contributed by atoms with Gasteiger partial charge in [-0.3, -0.25) is 4.79 Å². The maximum absolute atomic E-state index is 11.7. The summed E-state index contributed by atoms with van der Waals surface area (Å²) in [5, 5.41) is 9.41. The van der Waals surface area contributed by atoms with E-state index in [0.717, 1.165) is 34.2 Å². The smallest absolute Gasteiger partial charge is 0.160 e. The predicted molar refractivity (Wildman–Crippen MR) is 116 cm³/mol. The Kier molecular flexibility index (Phi) is 26.4. The predicted octanol–water partition coefficient (Wildman–Crippen LogP) is 7.36. The molecule has 0 amide bonds.